The Morgan fingerprint density at radius 2 is 2.00 bits per heavy atom. The van der Waals surface area contributed by atoms with E-state index in [4.69, 9.17) is 0 Å². The van der Waals surface area contributed by atoms with E-state index >= 15 is 0 Å². The standard InChI is InChI=1S/C17H23BrN2O/c1-12-2-3-13(10-16(12)18)11-19-15-6-8-20(9-7-15)17(21)14-4-5-14/h2-3,10,14-15,19H,4-9,11H2,1H3. The summed E-state index contributed by atoms with van der Waals surface area (Å²) in [7, 11) is 0. The number of nitrogens with one attached hydrogen (secondary N) is 1. The molecule has 21 heavy (non-hydrogen) atoms. The molecule has 0 atom stereocenters. The van der Waals surface area contributed by atoms with Crippen molar-refractivity contribution < 1.29 is 4.79 Å². The van der Waals surface area contributed by atoms with Crippen LogP contribution >= 0.6 is 15.9 Å². The number of rotatable bonds is 4. The van der Waals surface area contributed by atoms with Crippen molar-refractivity contribution in [3.8, 4) is 0 Å². The molecule has 3 rings (SSSR count). The molecule has 114 valence electrons. The molecule has 0 aromatic heterocycles. The fourth-order valence-electron chi connectivity index (χ4n) is 2.90. The van der Waals surface area contributed by atoms with Gasteiger partial charge in [0.1, 0.15) is 0 Å². The second-order valence-corrected chi connectivity index (χ2v) is 7.19. The van der Waals surface area contributed by atoms with Crippen molar-refractivity contribution in [1.82, 2.24) is 10.2 Å². The molecular weight excluding hydrogens is 328 g/mol. The van der Waals surface area contributed by atoms with Crippen LogP contribution in [-0.2, 0) is 11.3 Å². The van der Waals surface area contributed by atoms with Gasteiger partial charge < -0.3 is 10.2 Å². The van der Waals surface area contributed by atoms with Crippen molar-refractivity contribution in [2.45, 2.75) is 45.2 Å². The van der Waals surface area contributed by atoms with Gasteiger partial charge in [0, 0.05) is 36.1 Å². The number of nitrogens with zero attached hydrogens (tertiary/aromatic N) is 1. The van der Waals surface area contributed by atoms with Crippen LogP contribution in [0.2, 0.25) is 0 Å². The zero-order valence-electron chi connectivity index (χ0n) is 12.6. The number of carbonyl (C=O) groups is 1. The lowest BCUT2D eigenvalue weighted by Gasteiger charge is -2.32. The van der Waals surface area contributed by atoms with Crippen LogP contribution in [0.25, 0.3) is 0 Å². The monoisotopic (exact) mass is 350 g/mol. The van der Waals surface area contributed by atoms with E-state index in [0.717, 1.165) is 45.3 Å². The van der Waals surface area contributed by atoms with E-state index in [0.29, 0.717) is 17.9 Å². The summed E-state index contributed by atoms with van der Waals surface area (Å²) < 4.78 is 1.17. The highest BCUT2D eigenvalue weighted by Crippen LogP contribution is 2.31. The van der Waals surface area contributed by atoms with Crippen LogP contribution in [0.5, 0.6) is 0 Å². The molecule has 0 radical (unpaired) electrons. The first-order valence-electron chi connectivity index (χ1n) is 7.90. The van der Waals surface area contributed by atoms with Gasteiger partial charge in [-0.3, -0.25) is 4.79 Å². The highest BCUT2D eigenvalue weighted by molar-refractivity contribution is 9.10. The van der Waals surface area contributed by atoms with Crippen LogP contribution in [0.3, 0.4) is 0 Å². The Hall–Kier alpha value is -0.870. The summed E-state index contributed by atoms with van der Waals surface area (Å²) in [6, 6.07) is 7.05. The Kier molecular flexibility index (Phi) is 4.65. The minimum atomic E-state index is 0.361. The first-order chi connectivity index (χ1) is 10.1. The van der Waals surface area contributed by atoms with E-state index in [9.17, 15) is 4.79 Å². The molecule has 1 N–H and O–H groups in total. The summed E-state index contributed by atoms with van der Waals surface area (Å²) in [5.41, 5.74) is 2.58. The number of carbonyl (C=O) groups excluding carboxylic acids is 1. The highest BCUT2D eigenvalue weighted by atomic mass is 79.9. The summed E-state index contributed by atoms with van der Waals surface area (Å²) in [5.74, 6) is 0.760. The lowest BCUT2D eigenvalue weighted by Crippen LogP contribution is -2.45. The van der Waals surface area contributed by atoms with E-state index in [1.807, 2.05) is 0 Å². The van der Waals surface area contributed by atoms with E-state index < -0.39 is 0 Å². The van der Waals surface area contributed by atoms with Gasteiger partial charge in [0.25, 0.3) is 0 Å². The fourth-order valence-corrected chi connectivity index (χ4v) is 3.33. The molecule has 1 aromatic rings. The fraction of sp³-hybridized carbons (Fsp3) is 0.588. The first-order valence-corrected chi connectivity index (χ1v) is 8.70. The molecule has 0 spiro atoms. The Bertz CT molecular complexity index is 520. The third-order valence-corrected chi connectivity index (χ3v) is 5.42. The molecule has 1 saturated carbocycles. The molecule has 1 aliphatic heterocycles. The summed E-state index contributed by atoms with van der Waals surface area (Å²) in [5, 5.41) is 3.63. The van der Waals surface area contributed by atoms with Crippen LogP contribution in [-0.4, -0.2) is 29.9 Å². The van der Waals surface area contributed by atoms with Gasteiger partial charge in [0.15, 0.2) is 0 Å². The van der Waals surface area contributed by atoms with E-state index in [1.165, 1.54) is 15.6 Å². The van der Waals surface area contributed by atoms with Crippen molar-refractivity contribution in [3.05, 3.63) is 33.8 Å². The molecule has 2 aliphatic rings. The predicted octanol–water partition coefficient (Wildman–Crippen LogP) is 3.25. The number of hydrogen-bond acceptors (Lipinski definition) is 2. The minimum Gasteiger partial charge on any atom is -0.342 e. The lowest BCUT2D eigenvalue weighted by molar-refractivity contribution is -0.133. The van der Waals surface area contributed by atoms with Crippen LogP contribution in [0.15, 0.2) is 22.7 Å². The van der Waals surface area contributed by atoms with Gasteiger partial charge >= 0.3 is 0 Å². The molecule has 0 unspecified atom stereocenters. The van der Waals surface area contributed by atoms with Crippen LogP contribution in [0.4, 0.5) is 0 Å². The average Bonchev–Trinajstić information content (AvgIpc) is 3.33. The molecule has 1 heterocycles. The van der Waals surface area contributed by atoms with E-state index in [1.54, 1.807) is 0 Å². The normalized spacial score (nSPS) is 19.8. The summed E-state index contributed by atoms with van der Waals surface area (Å²) in [4.78, 5) is 14.1. The van der Waals surface area contributed by atoms with Crippen molar-refractivity contribution in [2.75, 3.05) is 13.1 Å². The van der Waals surface area contributed by atoms with Crippen molar-refractivity contribution >= 4 is 21.8 Å². The Morgan fingerprint density at radius 3 is 2.62 bits per heavy atom. The topological polar surface area (TPSA) is 32.3 Å². The second-order valence-electron chi connectivity index (χ2n) is 6.34. The van der Waals surface area contributed by atoms with Crippen LogP contribution < -0.4 is 5.32 Å². The number of likely N-dealkylation sites (tertiary alicyclic amines) is 1. The molecule has 3 nitrogen and oxygen atoms in total. The van der Waals surface area contributed by atoms with Gasteiger partial charge in [-0.05, 0) is 49.8 Å². The third-order valence-electron chi connectivity index (χ3n) is 4.56. The second kappa shape index (κ2) is 6.49. The summed E-state index contributed by atoms with van der Waals surface area (Å²) in [6.45, 7) is 4.85. The van der Waals surface area contributed by atoms with Gasteiger partial charge in [-0.1, -0.05) is 28.1 Å². The van der Waals surface area contributed by atoms with Gasteiger partial charge in [-0.15, -0.1) is 0 Å². The number of aryl methyl sites for hydroxylation is 1. The zero-order valence-corrected chi connectivity index (χ0v) is 14.2. The molecule has 4 heteroatoms. The highest BCUT2D eigenvalue weighted by Gasteiger charge is 2.34. The Labute approximate surface area is 135 Å². The van der Waals surface area contributed by atoms with Crippen LogP contribution in [0, 0.1) is 12.8 Å². The Balaban J connectivity index is 1.44. The molecule has 1 aromatic carbocycles. The molecule has 2 fully saturated rings. The molecule has 1 saturated heterocycles. The smallest absolute Gasteiger partial charge is 0.225 e. The lowest BCUT2D eigenvalue weighted by atomic mass is 10.0. The minimum absolute atomic E-state index is 0.361. The maximum Gasteiger partial charge on any atom is 0.225 e. The largest absolute Gasteiger partial charge is 0.342 e. The third kappa shape index (κ3) is 3.86. The van der Waals surface area contributed by atoms with Crippen molar-refractivity contribution in [3.63, 3.8) is 0 Å². The number of benzene rings is 1. The maximum atomic E-state index is 12.0. The van der Waals surface area contributed by atoms with Crippen LogP contribution in [0.1, 0.15) is 36.8 Å². The van der Waals surface area contributed by atoms with Gasteiger partial charge in [-0.2, -0.15) is 0 Å². The number of amides is 1. The number of halogens is 1. The van der Waals surface area contributed by atoms with Crippen molar-refractivity contribution in [2.24, 2.45) is 5.92 Å². The maximum absolute atomic E-state index is 12.0. The summed E-state index contributed by atoms with van der Waals surface area (Å²) in [6.07, 6.45) is 4.37. The van der Waals surface area contributed by atoms with Crippen molar-refractivity contribution in [1.29, 1.82) is 0 Å². The summed E-state index contributed by atoms with van der Waals surface area (Å²) >= 11 is 3.58. The first kappa shape index (κ1) is 15.0. The average molecular weight is 351 g/mol. The quantitative estimate of drug-likeness (QED) is 0.903. The van der Waals surface area contributed by atoms with Gasteiger partial charge in [0.2, 0.25) is 5.91 Å². The number of piperidine rings is 1. The molecule has 0 bridgehead atoms. The predicted molar refractivity (Wildman–Crippen MR) is 88.0 cm³/mol. The molecule has 1 amide bonds. The van der Waals surface area contributed by atoms with Gasteiger partial charge in [-0.25, -0.2) is 0 Å². The SMILES string of the molecule is Cc1ccc(CNC2CCN(C(=O)C3CC3)CC2)cc1Br. The number of hydrogen-bond donors (Lipinski definition) is 1. The molecular formula is C17H23BrN2O. The Morgan fingerprint density at radius 1 is 1.29 bits per heavy atom. The van der Waals surface area contributed by atoms with E-state index in [-0.39, 0.29) is 0 Å². The zero-order chi connectivity index (χ0) is 14.8. The molecule has 1 aliphatic carbocycles. The van der Waals surface area contributed by atoms with Gasteiger partial charge in [0.05, 0.1) is 0 Å². The van der Waals surface area contributed by atoms with E-state index in [2.05, 4.69) is 51.3 Å².